The minimum Gasteiger partial charge on any atom is -0.406 e. The van der Waals surface area contributed by atoms with Gasteiger partial charge in [-0.1, -0.05) is 13.8 Å². The number of aromatic nitrogens is 2. The number of hydrogen-bond acceptors (Lipinski definition) is 4. The third-order valence-corrected chi connectivity index (χ3v) is 2.81. The van der Waals surface area contributed by atoms with Crippen LogP contribution in [0.5, 0.6) is 0 Å². The van der Waals surface area contributed by atoms with Crippen molar-refractivity contribution < 1.29 is 4.42 Å². The molecule has 0 radical (unpaired) electrons. The molecule has 2 rings (SSSR count). The van der Waals surface area contributed by atoms with Crippen molar-refractivity contribution >= 4 is 11.2 Å². The van der Waals surface area contributed by atoms with E-state index in [1.54, 1.807) is 22.9 Å². The third kappa shape index (κ3) is 2.39. The second kappa shape index (κ2) is 5.14. The topological polar surface area (TPSA) is 60.1 Å². The van der Waals surface area contributed by atoms with Crippen molar-refractivity contribution in [2.75, 3.05) is 6.54 Å². The van der Waals surface area contributed by atoms with Crippen LogP contribution in [0.2, 0.25) is 0 Å². The van der Waals surface area contributed by atoms with Crippen LogP contribution in [0.15, 0.2) is 27.5 Å². The van der Waals surface area contributed by atoms with Gasteiger partial charge in [-0.2, -0.15) is 0 Å². The number of likely N-dealkylation sites (N-methyl/N-ethyl adjacent to an activating group) is 1. The Bertz CT molecular complexity index is 544. The van der Waals surface area contributed by atoms with Gasteiger partial charge >= 0.3 is 5.76 Å². The van der Waals surface area contributed by atoms with Gasteiger partial charge in [0.1, 0.15) is 0 Å². The number of rotatable bonds is 5. The van der Waals surface area contributed by atoms with Crippen LogP contribution < -0.4 is 11.1 Å². The Labute approximate surface area is 99.5 Å². The summed E-state index contributed by atoms with van der Waals surface area (Å²) in [5.74, 6) is -0.338. The average molecular weight is 235 g/mol. The summed E-state index contributed by atoms with van der Waals surface area (Å²) in [5, 5.41) is 3.33. The Balaban J connectivity index is 2.34. The summed E-state index contributed by atoms with van der Waals surface area (Å²) in [7, 11) is 0. The molecule has 1 N–H and O–H groups in total. The Hall–Kier alpha value is -1.62. The van der Waals surface area contributed by atoms with Crippen LogP contribution in [-0.2, 0) is 6.54 Å². The van der Waals surface area contributed by atoms with E-state index >= 15 is 0 Å². The first-order valence-electron chi connectivity index (χ1n) is 5.94. The molecular weight excluding hydrogens is 218 g/mol. The molecule has 0 saturated carbocycles. The molecule has 2 aromatic heterocycles. The van der Waals surface area contributed by atoms with Crippen LogP contribution in [0.25, 0.3) is 11.2 Å². The molecule has 2 aromatic rings. The highest BCUT2D eigenvalue weighted by molar-refractivity contribution is 5.67. The molecule has 5 heteroatoms. The van der Waals surface area contributed by atoms with Crippen LogP contribution >= 0.6 is 0 Å². The van der Waals surface area contributed by atoms with Gasteiger partial charge in [-0.25, -0.2) is 9.78 Å². The zero-order valence-electron chi connectivity index (χ0n) is 10.1. The predicted octanol–water partition coefficient (Wildman–Crippen LogP) is 1.38. The molecule has 0 aliphatic rings. The van der Waals surface area contributed by atoms with Gasteiger partial charge in [-0.3, -0.25) is 4.57 Å². The summed E-state index contributed by atoms with van der Waals surface area (Å²) in [6, 6.07) is 3.78. The Kier molecular flexibility index (Phi) is 3.58. The average Bonchev–Trinajstić information content (AvgIpc) is 2.65. The van der Waals surface area contributed by atoms with E-state index < -0.39 is 0 Å². The lowest BCUT2D eigenvalue weighted by atomic mass is 10.2. The summed E-state index contributed by atoms with van der Waals surface area (Å²) < 4.78 is 6.73. The highest BCUT2D eigenvalue weighted by atomic mass is 16.4. The fraction of sp³-hybridized carbons (Fsp3) is 0.500. The van der Waals surface area contributed by atoms with E-state index in [1.165, 1.54) is 0 Å². The molecule has 0 bridgehead atoms. The normalized spacial score (nSPS) is 13.1. The predicted molar refractivity (Wildman–Crippen MR) is 66.0 cm³/mol. The fourth-order valence-corrected chi connectivity index (χ4v) is 1.91. The minimum absolute atomic E-state index is 0.264. The molecular formula is C12H17N3O2. The maximum atomic E-state index is 11.7. The van der Waals surface area contributed by atoms with Crippen LogP contribution in [0, 0.1) is 0 Å². The van der Waals surface area contributed by atoms with Crippen molar-refractivity contribution in [2.24, 2.45) is 0 Å². The SMILES string of the molecule is CCNC(CC)Cn1c(=O)oc2cccnc21. The van der Waals surface area contributed by atoms with Crippen molar-refractivity contribution in [1.29, 1.82) is 0 Å². The van der Waals surface area contributed by atoms with Gasteiger partial charge in [0, 0.05) is 18.8 Å². The lowest BCUT2D eigenvalue weighted by molar-refractivity contribution is 0.419. The number of nitrogens with one attached hydrogen (secondary N) is 1. The lowest BCUT2D eigenvalue weighted by Gasteiger charge is -2.15. The van der Waals surface area contributed by atoms with Gasteiger partial charge in [-0.15, -0.1) is 0 Å². The van der Waals surface area contributed by atoms with Crippen molar-refractivity contribution in [2.45, 2.75) is 32.9 Å². The van der Waals surface area contributed by atoms with E-state index in [9.17, 15) is 4.79 Å². The molecule has 0 aliphatic heterocycles. The first-order chi connectivity index (χ1) is 8.26. The number of oxazole rings is 1. The standard InChI is InChI=1S/C12H17N3O2/c1-3-9(13-4-2)8-15-11-10(17-12(15)16)6-5-7-14-11/h5-7,9,13H,3-4,8H2,1-2H3. The van der Waals surface area contributed by atoms with Crippen molar-refractivity contribution in [1.82, 2.24) is 14.9 Å². The highest BCUT2D eigenvalue weighted by Crippen LogP contribution is 2.09. The zero-order valence-corrected chi connectivity index (χ0v) is 10.1. The summed E-state index contributed by atoms with van der Waals surface area (Å²) in [6.45, 7) is 5.62. The second-order valence-corrected chi connectivity index (χ2v) is 3.97. The first kappa shape index (κ1) is 11.9. The number of pyridine rings is 1. The minimum atomic E-state index is -0.338. The maximum absolute atomic E-state index is 11.7. The van der Waals surface area contributed by atoms with E-state index in [0.717, 1.165) is 13.0 Å². The molecule has 0 spiro atoms. The van der Waals surface area contributed by atoms with Gasteiger partial charge < -0.3 is 9.73 Å². The van der Waals surface area contributed by atoms with E-state index in [2.05, 4.69) is 24.1 Å². The van der Waals surface area contributed by atoms with Crippen LogP contribution in [0.1, 0.15) is 20.3 Å². The number of fused-ring (bicyclic) bond motifs is 1. The van der Waals surface area contributed by atoms with Crippen molar-refractivity contribution in [3.05, 3.63) is 28.9 Å². The van der Waals surface area contributed by atoms with Gasteiger partial charge in [0.2, 0.25) is 0 Å². The molecule has 0 saturated heterocycles. The van der Waals surface area contributed by atoms with Crippen molar-refractivity contribution in [3.63, 3.8) is 0 Å². The van der Waals surface area contributed by atoms with E-state index in [4.69, 9.17) is 4.42 Å². The van der Waals surface area contributed by atoms with Gasteiger partial charge in [0.15, 0.2) is 11.2 Å². The van der Waals surface area contributed by atoms with E-state index in [1.807, 2.05) is 0 Å². The zero-order chi connectivity index (χ0) is 12.3. The quantitative estimate of drug-likeness (QED) is 0.850. The second-order valence-electron chi connectivity index (χ2n) is 3.97. The molecule has 17 heavy (non-hydrogen) atoms. The molecule has 0 aliphatic carbocycles. The largest absolute Gasteiger partial charge is 0.421 e. The molecule has 2 heterocycles. The Morgan fingerprint density at radius 1 is 1.53 bits per heavy atom. The monoisotopic (exact) mass is 235 g/mol. The third-order valence-electron chi connectivity index (χ3n) is 2.81. The van der Waals surface area contributed by atoms with Crippen LogP contribution in [-0.4, -0.2) is 22.1 Å². The first-order valence-corrected chi connectivity index (χ1v) is 5.94. The van der Waals surface area contributed by atoms with Crippen molar-refractivity contribution in [3.8, 4) is 0 Å². The lowest BCUT2D eigenvalue weighted by Crippen LogP contribution is -2.35. The Morgan fingerprint density at radius 3 is 3.06 bits per heavy atom. The van der Waals surface area contributed by atoms with Gasteiger partial charge in [-0.05, 0) is 25.1 Å². The molecule has 1 atom stereocenters. The fourth-order valence-electron chi connectivity index (χ4n) is 1.91. The van der Waals surface area contributed by atoms with Gasteiger partial charge in [0.05, 0.1) is 0 Å². The molecule has 0 fully saturated rings. The van der Waals surface area contributed by atoms with E-state index in [-0.39, 0.29) is 11.8 Å². The summed E-state index contributed by atoms with van der Waals surface area (Å²) in [4.78, 5) is 15.9. The smallest absolute Gasteiger partial charge is 0.406 e. The summed E-state index contributed by atoms with van der Waals surface area (Å²) in [5.41, 5.74) is 1.16. The number of nitrogens with zero attached hydrogens (tertiary/aromatic N) is 2. The van der Waals surface area contributed by atoms with E-state index in [0.29, 0.717) is 17.8 Å². The molecule has 1 unspecified atom stereocenters. The van der Waals surface area contributed by atoms with Crippen LogP contribution in [0.4, 0.5) is 0 Å². The molecule has 0 amide bonds. The molecule has 0 aromatic carbocycles. The maximum Gasteiger partial charge on any atom is 0.421 e. The summed E-state index contributed by atoms with van der Waals surface area (Å²) >= 11 is 0. The highest BCUT2D eigenvalue weighted by Gasteiger charge is 2.13. The van der Waals surface area contributed by atoms with Gasteiger partial charge in [0.25, 0.3) is 0 Å². The molecule has 5 nitrogen and oxygen atoms in total. The summed E-state index contributed by atoms with van der Waals surface area (Å²) in [6.07, 6.45) is 2.63. The molecule has 92 valence electrons. The number of hydrogen-bond donors (Lipinski definition) is 1. The Morgan fingerprint density at radius 2 is 2.35 bits per heavy atom. The van der Waals surface area contributed by atoms with Crippen LogP contribution in [0.3, 0.4) is 0 Å².